The maximum atomic E-state index is 5.20. The van der Waals surface area contributed by atoms with Gasteiger partial charge in [-0.05, 0) is 51.0 Å². The van der Waals surface area contributed by atoms with E-state index in [0.717, 1.165) is 19.6 Å². The predicted octanol–water partition coefficient (Wildman–Crippen LogP) is 3.71. The Kier molecular flexibility index (Phi) is 6.71. The van der Waals surface area contributed by atoms with Crippen LogP contribution in [0.15, 0.2) is 0 Å². The maximum absolute atomic E-state index is 5.20. The highest BCUT2D eigenvalue weighted by atomic mass is 16.5. The summed E-state index contributed by atoms with van der Waals surface area (Å²) in [5.41, 5.74) is 0.538. The lowest BCUT2D eigenvalue weighted by molar-refractivity contribution is 0.112. The molecular formula is C15H33NO. The molecule has 0 rings (SSSR count). The van der Waals surface area contributed by atoms with Crippen molar-refractivity contribution in [2.75, 3.05) is 20.3 Å². The summed E-state index contributed by atoms with van der Waals surface area (Å²) in [6, 6.07) is 0. The second-order valence-electron chi connectivity index (χ2n) is 7.36. The molecule has 0 aliphatic rings. The summed E-state index contributed by atoms with van der Waals surface area (Å²) in [6.07, 6.45) is 1.14. The van der Waals surface area contributed by atoms with E-state index >= 15 is 0 Å². The first-order chi connectivity index (χ1) is 7.58. The van der Waals surface area contributed by atoms with Crippen LogP contribution in [0.2, 0.25) is 0 Å². The minimum Gasteiger partial charge on any atom is -0.385 e. The Morgan fingerprint density at radius 1 is 1.06 bits per heavy atom. The molecule has 0 radical (unpaired) electrons. The maximum Gasteiger partial charge on any atom is 0.0464 e. The van der Waals surface area contributed by atoms with Crippen molar-refractivity contribution in [3.8, 4) is 0 Å². The van der Waals surface area contributed by atoms with E-state index in [1.54, 1.807) is 7.11 Å². The van der Waals surface area contributed by atoms with Crippen LogP contribution in [-0.2, 0) is 4.74 Å². The van der Waals surface area contributed by atoms with Gasteiger partial charge in [-0.1, -0.05) is 27.7 Å². The summed E-state index contributed by atoms with van der Waals surface area (Å²) < 4.78 is 5.20. The average Bonchev–Trinajstić information content (AvgIpc) is 2.10. The van der Waals surface area contributed by atoms with Crippen molar-refractivity contribution < 1.29 is 4.74 Å². The fourth-order valence-electron chi connectivity index (χ4n) is 2.28. The van der Waals surface area contributed by atoms with Gasteiger partial charge in [-0.25, -0.2) is 0 Å². The van der Waals surface area contributed by atoms with Crippen molar-refractivity contribution in [3.63, 3.8) is 0 Å². The number of ether oxygens (including phenoxy) is 1. The third-order valence-corrected chi connectivity index (χ3v) is 3.43. The third-order valence-electron chi connectivity index (χ3n) is 3.43. The van der Waals surface area contributed by atoms with Crippen molar-refractivity contribution >= 4 is 0 Å². The van der Waals surface area contributed by atoms with Crippen LogP contribution in [0.4, 0.5) is 0 Å². The fourth-order valence-corrected chi connectivity index (χ4v) is 2.28. The molecule has 0 aromatic carbocycles. The van der Waals surface area contributed by atoms with Crippen molar-refractivity contribution in [3.05, 3.63) is 0 Å². The van der Waals surface area contributed by atoms with Crippen LogP contribution in [0.3, 0.4) is 0 Å². The topological polar surface area (TPSA) is 21.3 Å². The van der Waals surface area contributed by atoms with Gasteiger partial charge in [0.05, 0.1) is 0 Å². The zero-order valence-corrected chi connectivity index (χ0v) is 13.2. The summed E-state index contributed by atoms with van der Waals surface area (Å²) >= 11 is 0. The molecule has 0 saturated heterocycles. The molecular weight excluding hydrogens is 210 g/mol. The lowest BCUT2D eigenvalue weighted by atomic mass is 9.72. The molecule has 0 aliphatic carbocycles. The molecule has 0 bridgehead atoms. The first-order valence-corrected chi connectivity index (χ1v) is 6.82. The van der Waals surface area contributed by atoms with E-state index in [0.29, 0.717) is 17.3 Å². The minimum atomic E-state index is 0.199. The molecule has 0 saturated carbocycles. The number of hydrogen-bond donors (Lipinski definition) is 1. The molecule has 0 amide bonds. The Balaban J connectivity index is 4.44. The van der Waals surface area contributed by atoms with E-state index in [9.17, 15) is 0 Å². The molecule has 17 heavy (non-hydrogen) atoms. The van der Waals surface area contributed by atoms with Crippen LogP contribution >= 0.6 is 0 Å². The normalized spacial score (nSPS) is 16.9. The second-order valence-corrected chi connectivity index (χ2v) is 7.36. The molecule has 0 fully saturated rings. The van der Waals surface area contributed by atoms with Gasteiger partial charge in [0, 0.05) is 19.3 Å². The molecule has 104 valence electrons. The van der Waals surface area contributed by atoms with Crippen molar-refractivity contribution in [2.24, 2.45) is 17.3 Å². The monoisotopic (exact) mass is 243 g/mol. The van der Waals surface area contributed by atoms with Gasteiger partial charge >= 0.3 is 0 Å². The largest absolute Gasteiger partial charge is 0.385 e. The average molecular weight is 243 g/mol. The van der Waals surface area contributed by atoms with Crippen LogP contribution in [0.25, 0.3) is 0 Å². The molecule has 2 atom stereocenters. The first-order valence-electron chi connectivity index (χ1n) is 6.82. The lowest BCUT2D eigenvalue weighted by Gasteiger charge is -2.38. The van der Waals surface area contributed by atoms with Gasteiger partial charge < -0.3 is 10.1 Å². The van der Waals surface area contributed by atoms with Gasteiger partial charge in [-0.2, -0.15) is 0 Å². The van der Waals surface area contributed by atoms with Crippen molar-refractivity contribution in [1.29, 1.82) is 0 Å². The Labute approximate surface area is 109 Å². The predicted molar refractivity (Wildman–Crippen MR) is 76.4 cm³/mol. The lowest BCUT2D eigenvalue weighted by Crippen LogP contribution is -2.44. The highest BCUT2D eigenvalue weighted by Gasteiger charge is 2.30. The SMILES string of the molecule is COCCC(C)C(CNC(C)(C)C)C(C)(C)C. The first kappa shape index (κ1) is 16.9. The molecule has 2 heteroatoms. The van der Waals surface area contributed by atoms with E-state index in [-0.39, 0.29) is 5.54 Å². The van der Waals surface area contributed by atoms with Crippen molar-refractivity contribution in [2.45, 2.75) is 60.4 Å². The van der Waals surface area contributed by atoms with E-state index in [2.05, 4.69) is 53.8 Å². The van der Waals surface area contributed by atoms with Gasteiger partial charge in [-0.15, -0.1) is 0 Å². The van der Waals surface area contributed by atoms with Crippen LogP contribution in [0, 0.1) is 17.3 Å². The zero-order valence-electron chi connectivity index (χ0n) is 13.2. The molecule has 0 aliphatic heterocycles. The van der Waals surface area contributed by atoms with E-state index < -0.39 is 0 Å². The number of nitrogens with one attached hydrogen (secondary N) is 1. The van der Waals surface area contributed by atoms with Gasteiger partial charge in [0.25, 0.3) is 0 Å². The molecule has 0 heterocycles. The number of rotatable bonds is 6. The minimum absolute atomic E-state index is 0.199. The van der Waals surface area contributed by atoms with E-state index in [1.807, 2.05) is 0 Å². The summed E-state index contributed by atoms with van der Waals surface area (Å²) in [7, 11) is 1.78. The second kappa shape index (κ2) is 6.75. The quantitative estimate of drug-likeness (QED) is 0.768. The molecule has 1 N–H and O–H groups in total. The third kappa shape index (κ3) is 7.77. The Morgan fingerprint density at radius 3 is 1.94 bits per heavy atom. The van der Waals surface area contributed by atoms with E-state index in [4.69, 9.17) is 4.74 Å². The summed E-state index contributed by atoms with van der Waals surface area (Å²) in [5, 5.41) is 3.65. The standard InChI is InChI=1S/C15H33NO/c1-12(9-10-17-8)13(14(2,3)4)11-16-15(5,6)7/h12-13,16H,9-11H2,1-8H3. The molecule has 2 nitrogen and oxygen atoms in total. The van der Waals surface area contributed by atoms with Crippen LogP contribution in [0.5, 0.6) is 0 Å². The zero-order chi connectivity index (χ0) is 13.7. The number of methoxy groups -OCH3 is 1. The van der Waals surface area contributed by atoms with E-state index in [1.165, 1.54) is 0 Å². The Bertz CT molecular complexity index is 200. The Hall–Kier alpha value is -0.0800. The number of hydrogen-bond acceptors (Lipinski definition) is 2. The van der Waals surface area contributed by atoms with Gasteiger partial charge in [0.1, 0.15) is 0 Å². The highest BCUT2D eigenvalue weighted by molar-refractivity contribution is 4.83. The van der Waals surface area contributed by atoms with Crippen molar-refractivity contribution in [1.82, 2.24) is 5.32 Å². The summed E-state index contributed by atoms with van der Waals surface area (Å²) in [6.45, 7) is 18.0. The van der Waals surface area contributed by atoms with Crippen LogP contribution < -0.4 is 5.32 Å². The summed E-state index contributed by atoms with van der Waals surface area (Å²) in [5.74, 6) is 1.36. The van der Waals surface area contributed by atoms with Gasteiger partial charge in [-0.3, -0.25) is 0 Å². The smallest absolute Gasteiger partial charge is 0.0464 e. The van der Waals surface area contributed by atoms with Crippen LogP contribution in [-0.4, -0.2) is 25.8 Å². The molecule has 2 unspecified atom stereocenters. The molecule has 0 aromatic heterocycles. The van der Waals surface area contributed by atoms with Gasteiger partial charge in [0.15, 0.2) is 0 Å². The fraction of sp³-hybridized carbons (Fsp3) is 1.00. The summed E-state index contributed by atoms with van der Waals surface area (Å²) in [4.78, 5) is 0. The van der Waals surface area contributed by atoms with Crippen LogP contribution in [0.1, 0.15) is 54.9 Å². The Morgan fingerprint density at radius 2 is 1.59 bits per heavy atom. The van der Waals surface area contributed by atoms with Gasteiger partial charge in [0.2, 0.25) is 0 Å². The molecule has 0 spiro atoms. The molecule has 0 aromatic rings. The highest BCUT2D eigenvalue weighted by Crippen LogP contribution is 2.33.